The van der Waals surface area contributed by atoms with Crippen molar-refractivity contribution in [3.05, 3.63) is 130 Å². The van der Waals surface area contributed by atoms with E-state index in [0.29, 0.717) is 50.6 Å². The Morgan fingerprint density at radius 3 is 2.42 bits per heavy atom. The lowest BCUT2D eigenvalue weighted by molar-refractivity contribution is -0.139. The summed E-state index contributed by atoms with van der Waals surface area (Å²) in [5, 5.41) is 0. The SMILES string of the molecule is CCCC1=C(C(=O)OCC)[C@@H](c2ccc(C(C)C)cc2)n2c(s/c(=C3\C(=O)N(Cc4ccccc4)c4ccc(Br)cc43)c2=O)=N1. The number of amides is 1. The average molecular weight is 685 g/mol. The van der Waals surface area contributed by atoms with Gasteiger partial charge < -0.3 is 9.64 Å². The van der Waals surface area contributed by atoms with Crippen LogP contribution in [-0.2, 0) is 20.9 Å². The van der Waals surface area contributed by atoms with Crippen molar-refractivity contribution in [2.24, 2.45) is 4.99 Å². The van der Waals surface area contributed by atoms with Crippen molar-refractivity contribution in [3.8, 4) is 0 Å². The zero-order chi connectivity index (χ0) is 31.8. The van der Waals surface area contributed by atoms with E-state index in [-0.39, 0.29) is 18.1 Å². The predicted octanol–water partition coefficient (Wildman–Crippen LogP) is 6.38. The number of hydrogen-bond donors (Lipinski definition) is 0. The van der Waals surface area contributed by atoms with Crippen LogP contribution in [0.1, 0.15) is 74.8 Å². The molecule has 2 aliphatic heterocycles. The summed E-state index contributed by atoms with van der Waals surface area (Å²) >= 11 is 4.77. The van der Waals surface area contributed by atoms with Crippen molar-refractivity contribution >= 4 is 50.4 Å². The Morgan fingerprint density at radius 1 is 1.02 bits per heavy atom. The summed E-state index contributed by atoms with van der Waals surface area (Å²) in [4.78, 5) is 49.5. The fourth-order valence-electron chi connectivity index (χ4n) is 6.00. The summed E-state index contributed by atoms with van der Waals surface area (Å²) in [6, 6.07) is 22.8. The van der Waals surface area contributed by atoms with E-state index >= 15 is 0 Å². The van der Waals surface area contributed by atoms with Gasteiger partial charge in [0.15, 0.2) is 4.80 Å². The van der Waals surface area contributed by atoms with Gasteiger partial charge in [-0.2, -0.15) is 0 Å². The first-order valence-electron chi connectivity index (χ1n) is 15.2. The largest absolute Gasteiger partial charge is 0.463 e. The Morgan fingerprint density at radius 2 is 1.76 bits per heavy atom. The van der Waals surface area contributed by atoms with Crippen LogP contribution >= 0.6 is 27.3 Å². The van der Waals surface area contributed by atoms with Crippen LogP contribution in [0.15, 0.2) is 98.3 Å². The molecule has 0 unspecified atom stereocenters. The molecule has 0 saturated carbocycles. The van der Waals surface area contributed by atoms with Gasteiger partial charge in [0.05, 0.1) is 41.7 Å². The Hall–Kier alpha value is -4.08. The lowest BCUT2D eigenvalue weighted by atomic mass is 9.92. The molecule has 1 atom stereocenters. The number of halogens is 1. The lowest BCUT2D eigenvalue weighted by Gasteiger charge is -2.26. The molecule has 9 heteroatoms. The number of aromatic nitrogens is 1. The fraction of sp³-hybridized carbons (Fsp3) is 0.278. The standard InChI is InChI=1S/C36H34BrN3O4S/c1-5-10-27-30(35(43)44-6-2)31(24-15-13-23(14-16-24)21(3)4)40-34(42)32(45-36(40)38-27)29-26-19-25(37)17-18-28(26)39(33(29)41)20-22-11-8-7-9-12-22/h7-9,11-19,21,31H,5-6,10,20H2,1-4H3/b32-29-/t31-/m1/s1. The molecule has 1 amide bonds. The molecule has 0 bridgehead atoms. The van der Waals surface area contributed by atoms with Gasteiger partial charge in [0.2, 0.25) is 0 Å². The van der Waals surface area contributed by atoms with Gasteiger partial charge in [-0.1, -0.05) is 109 Å². The van der Waals surface area contributed by atoms with Crippen molar-refractivity contribution in [1.29, 1.82) is 0 Å². The number of anilines is 1. The molecule has 0 fully saturated rings. The number of carbonyl (C=O) groups is 2. The molecule has 3 heterocycles. The van der Waals surface area contributed by atoms with E-state index < -0.39 is 12.0 Å². The number of allylic oxidation sites excluding steroid dienone is 1. The minimum Gasteiger partial charge on any atom is -0.463 e. The van der Waals surface area contributed by atoms with E-state index in [1.165, 1.54) is 11.3 Å². The van der Waals surface area contributed by atoms with Crippen LogP contribution in [0.25, 0.3) is 5.57 Å². The number of thiazole rings is 1. The molecule has 6 rings (SSSR count). The van der Waals surface area contributed by atoms with Gasteiger partial charge in [-0.25, -0.2) is 9.79 Å². The third-order valence-corrected chi connectivity index (χ3v) is 9.72. The highest BCUT2D eigenvalue weighted by Crippen LogP contribution is 2.39. The van der Waals surface area contributed by atoms with Gasteiger partial charge in [0, 0.05) is 10.0 Å². The molecule has 45 heavy (non-hydrogen) atoms. The molecule has 0 radical (unpaired) electrons. The smallest absolute Gasteiger partial charge is 0.338 e. The molecule has 0 spiro atoms. The Kier molecular flexibility index (Phi) is 8.75. The van der Waals surface area contributed by atoms with E-state index in [2.05, 4.69) is 29.8 Å². The van der Waals surface area contributed by atoms with Crippen LogP contribution in [0.2, 0.25) is 0 Å². The number of nitrogens with zero attached hydrogens (tertiary/aromatic N) is 3. The van der Waals surface area contributed by atoms with Crippen molar-refractivity contribution in [2.75, 3.05) is 11.5 Å². The number of hydrogen-bond acceptors (Lipinski definition) is 6. The highest BCUT2D eigenvalue weighted by Gasteiger charge is 2.38. The van der Waals surface area contributed by atoms with Crippen LogP contribution in [0.5, 0.6) is 0 Å². The van der Waals surface area contributed by atoms with Gasteiger partial charge in [0.1, 0.15) is 4.53 Å². The number of carbonyl (C=O) groups excluding carboxylic acids is 2. The second-order valence-corrected chi connectivity index (χ2v) is 13.4. The van der Waals surface area contributed by atoms with Crippen molar-refractivity contribution < 1.29 is 14.3 Å². The van der Waals surface area contributed by atoms with Gasteiger partial charge >= 0.3 is 5.97 Å². The minimum atomic E-state index is -0.740. The molecular weight excluding hydrogens is 650 g/mol. The minimum absolute atomic E-state index is 0.201. The fourth-order valence-corrected chi connectivity index (χ4v) is 7.47. The van der Waals surface area contributed by atoms with Gasteiger partial charge in [-0.05, 0) is 54.2 Å². The second-order valence-electron chi connectivity index (χ2n) is 11.5. The van der Waals surface area contributed by atoms with Crippen LogP contribution in [-0.4, -0.2) is 23.1 Å². The quantitative estimate of drug-likeness (QED) is 0.202. The summed E-state index contributed by atoms with van der Waals surface area (Å²) < 4.78 is 8.23. The first kappa shape index (κ1) is 30.9. The molecule has 7 nitrogen and oxygen atoms in total. The Bertz CT molecular complexity index is 2010. The highest BCUT2D eigenvalue weighted by atomic mass is 79.9. The maximum absolute atomic E-state index is 14.6. The maximum atomic E-state index is 14.6. The average Bonchev–Trinajstić information content (AvgIpc) is 3.48. The van der Waals surface area contributed by atoms with Crippen LogP contribution in [0.4, 0.5) is 5.69 Å². The van der Waals surface area contributed by atoms with Crippen LogP contribution in [0.3, 0.4) is 0 Å². The van der Waals surface area contributed by atoms with Crippen molar-refractivity contribution in [2.45, 2.75) is 59.0 Å². The molecule has 230 valence electrons. The monoisotopic (exact) mass is 683 g/mol. The molecule has 4 aromatic rings. The third kappa shape index (κ3) is 5.64. The Labute approximate surface area is 274 Å². The summed E-state index contributed by atoms with van der Waals surface area (Å²) in [5.74, 6) is -0.403. The normalized spacial score (nSPS) is 17.0. The topological polar surface area (TPSA) is 81.0 Å². The summed E-state index contributed by atoms with van der Waals surface area (Å²) in [7, 11) is 0. The first-order chi connectivity index (χ1) is 21.7. The summed E-state index contributed by atoms with van der Waals surface area (Å²) in [6.07, 6.45) is 1.31. The van der Waals surface area contributed by atoms with Gasteiger partial charge in [-0.3, -0.25) is 14.2 Å². The molecular formula is C36H34BrN3O4S. The number of benzene rings is 3. The van der Waals surface area contributed by atoms with Crippen molar-refractivity contribution in [1.82, 2.24) is 4.57 Å². The Balaban J connectivity index is 1.61. The van der Waals surface area contributed by atoms with E-state index in [4.69, 9.17) is 9.73 Å². The second kappa shape index (κ2) is 12.7. The van der Waals surface area contributed by atoms with Gasteiger partial charge in [0.25, 0.3) is 11.5 Å². The van der Waals surface area contributed by atoms with E-state index in [1.807, 2.05) is 79.7 Å². The number of fused-ring (bicyclic) bond motifs is 2. The first-order valence-corrected chi connectivity index (χ1v) is 16.8. The summed E-state index contributed by atoms with van der Waals surface area (Å²) in [5.41, 5.74) is 5.32. The third-order valence-electron chi connectivity index (χ3n) is 8.17. The van der Waals surface area contributed by atoms with E-state index in [0.717, 1.165) is 33.3 Å². The maximum Gasteiger partial charge on any atom is 0.338 e. The molecule has 0 N–H and O–H groups in total. The van der Waals surface area contributed by atoms with Gasteiger partial charge in [-0.15, -0.1) is 0 Å². The molecule has 0 saturated heterocycles. The predicted molar refractivity (Wildman–Crippen MR) is 181 cm³/mol. The van der Waals surface area contributed by atoms with E-state index in [1.54, 1.807) is 16.4 Å². The molecule has 2 aliphatic rings. The van der Waals surface area contributed by atoms with Crippen LogP contribution in [0, 0.1) is 0 Å². The molecule has 0 aliphatic carbocycles. The summed E-state index contributed by atoms with van der Waals surface area (Å²) in [6.45, 7) is 8.62. The molecule has 3 aromatic carbocycles. The van der Waals surface area contributed by atoms with Crippen LogP contribution < -0.4 is 19.8 Å². The molecule has 1 aromatic heterocycles. The zero-order valence-corrected chi connectivity index (χ0v) is 28.1. The van der Waals surface area contributed by atoms with E-state index in [9.17, 15) is 14.4 Å². The number of ether oxygens (including phenoxy) is 1. The number of esters is 1. The zero-order valence-electron chi connectivity index (χ0n) is 25.7. The lowest BCUT2D eigenvalue weighted by Crippen LogP contribution is -2.41. The van der Waals surface area contributed by atoms with Crippen molar-refractivity contribution in [3.63, 3.8) is 0 Å². The number of rotatable bonds is 8. The highest BCUT2D eigenvalue weighted by molar-refractivity contribution is 9.10.